The van der Waals surface area contributed by atoms with E-state index in [-0.39, 0.29) is 0 Å². The summed E-state index contributed by atoms with van der Waals surface area (Å²) >= 11 is -11.1. The van der Waals surface area contributed by atoms with Gasteiger partial charge in [0.25, 0.3) is 0 Å². The average Bonchev–Trinajstić information content (AvgIpc) is 2.32. The second-order valence-electron chi connectivity index (χ2n) is 4.97. The van der Waals surface area contributed by atoms with Crippen molar-refractivity contribution in [2.45, 2.75) is 45.6 Å². The van der Waals surface area contributed by atoms with Gasteiger partial charge in [0, 0.05) is 11.6 Å². The number of halogens is 6. The Balaban J connectivity index is 0.000000534. The quantitative estimate of drug-likeness (QED) is 0.191. The number of rotatable bonds is 7. The molecule has 0 aliphatic carbocycles. The fourth-order valence-electron chi connectivity index (χ4n) is 1.74. The summed E-state index contributed by atoms with van der Waals surface area (Å²) in [6, 6.07) is 4.34. The van der Waals surface area contributed by atoms with Gasteiger partial charge >= 0.3 is 35.0 Å². The van der Waals surface area contributed by atoms with Gasteiger partial charge in [-0.1, -0.05) is 32.8 Å². The zero-order valence-electron chi connectivity index (χ0n) is 12.5. The van der Waals surface area contributed by atoms with E-state index in [1.165, 1.54) is 37.7 Å². The van der Waals surface area contributed by atoms with Gasteiger partial charge in [0.05, 0.1) is 0 Å². The molecule has 22 heavy (non-hydrogen) atoms. The molecule has 0 saturated heterocycles. The normalized spacial score (nSPS) is 14.3. The number of aryl methyl sites for hydroxylation is 1. The Kier molecular flexibility index (Phi) is 7.20. The fourth-order valence-corrected chi connectivity index (χ4v) is 1.74. The Morgan fingerprint density at radius 1 is 1.09 bits per heavy atom. The summed E-state index contributed by atoms with van der Waals surface area (Å²) in [4.78, 5) is 0. The molecular weight excluding hydrogens is 371 g/mol. The summed E-state index contributed by atoms with van der Waals surface area (Å²) in [5.74, 6) is 0. The van der Waals surface area contributed by atoms with Crippen LogP contribution in [-0.2, 0) is 13.0 Å². The Morgan fingerprint density at radius 3 is 2.18 bits per heavy atom. The van der Waals surface area contributed by atoms with Crippen LogP contribution in [0.2, 0.25) is 0 Å². The minimum atomic E-state index is -11.1. The summed E-state index contributed by atoms with van der Waals surface area (Å²) in [5, 5.41) is 0. The molecular formula is C14H22AsF6N. The molecule has 0 aliphatic heterocycles. The Morgan fingerprint density at radius 2 is 1.68 bits per heavy atom. The third-order valence-electron chi connectivity index (χ3n) is 2.58. The molecule has 0 radical (unpaired) electrons. The second-order valence-corrected chi connectivity index (χ2v) is 8.99. The molecule has 0 saturated carbocycles. The van der Waals surface area contributed by atoms with Crippen LogP contribution < -0.4 is 4.57 Å². The number of nitrogens with zero attached hydrogens (tertiary/aromatic N) is 1. The molecule has 1 aromatic heterocycles. The van der Waals surface area contributed by atoms with Crippen LogP contribution in [0.1, 0.15) is 38.2 Å². The average molecular weight is 393 g/mol. The Hall–Kier alpha value is -0.972. The number of hydrogen-bond acceptors (Lipinski definition) is 0. The molecule has 1 rings (SSSR count). The van der Waals surface area contributed by atoms with E-state index in [2.05, 4.69) is 42.6 Å². The van der Waals surface area contributed by atoms with E-state index in [1.807, 2.05) is 6.08 Å². The van der Waals surface area contributed by atoms with Gasteiger partial charge in [-0.15, -0.1) is 0 Å². The van der Waals surface area contributed by atoms with Gasteiger partial charge in [-0.05, 0) is 25.0 Å². The molecule has 1 heterocycles. The Bertz CT molecular complexity index is 457. The first-order chi connectivity index (χ1) is 9.81. The van der Waals surface area contributed by atoms with E-state index in [0.717, 1.165) is 6.54 Å². The first kappa shape index (κ1) is 21.0. The summed E-state index contributed by atoms with van der Waals surface area (Å²) < 4.78 is 61.6. The molecule has 0 bridgehead atoms. The van der Waals surface area contributed by atoms with Gasteiger partial charge in [-0.2, -0.15) is 0 Å². The topological polar surface area (TPSA) is 3.88 Å². The zero-order valence-corrected chi connectivity index (χ0v) is 14.4. The second kappa shape index (κ2) is 7.53. The predicted octanol–water partition coefficient (Wildman–Crippen LogP) is 5.42. The van der Waals surface area contributed by atoms with E-state index in [0.29, 0.717) is 0 Å². The standard InChI is InChI=1S/C14H22N.AsF6/c1-3-5-6-7-9-14-10-8-12-15(13-14)11-4-2;2-1(3,4,5,6)7/h4,8,10,12-13H,2-3,5-7,9,11H2,1H3;/q+1;-1. The number of aromatic nitrogens is 1. The van der Waals surface area contributed by atoms with Crippen LogP contribution in [0.4, 0.5) is 20.8 Å². The van der Waals surface area contributed by atoms with Crippen molar-refractivity contribution in [1.82, 2.24) is 0 Å². The predicted molar refractivity (Wildman–Crippen MR) is 77.1 cm³/mol. The van der Waals surface area contributed by atoms with E-state index >= 15 is 0 Å². The molecule has 0 fully saturated rings. The van der Waals surface area contributed by atoms with Crippen LogP contribution >= 0.6 is 0 Å². The van der Waals surface area contributed by atoms with Gasteiger partial charge in [0.2, 0.25) is 0 Å². The molecule has 1 nitrogen and oxygen atoms in total. The SMILES string of the molecule is C=CC[n+]1cccc(CCCCCC)c1.F[As-](F)(F)(F)(F)F. The molecule has 1 aromatic rings. The van der Waals surface area contributed by atoms with Gasteiger partial charge in [-0.25, -0.2) is 4.57 Å². The van der Waals surface area contributed by atoms with Crippen molar-refractivity contribution >= 4 is 14.2 Å². The summed E-state index contributed by atoms with van der Waals surface area (Å²) in [7, 11) is 0. The maximum absolute atomic E-state index is 11.1. The summed E-state index contributed by atoms with van der Waals surface area (Å²) in [5.41, 5.74) is 1.44. The molecule has 130 valence electrons. The van der Waals surface area contributed by atoms with E-state index in [1.54, 1.807) is 0 Å². The Labute approximate surface area is 128 Å². The van der Waals surface area contributed by atoms with Gasteiger partial charge in [-0.3, -0.25) is 0 Å². The van der Waals surface area contributed by atoms with Gasteiger partial charge < -0.3 is 0 Å². The third kappa shape index (κ3) is 19.0. The number of unbranched alkanes of at least 4 members (excludes halogenated alkanes) is 3. The minimum absolute atomic E-state index is 0.906. The third-order valence-corrected chi connectivity index (χ3v) is 2.58. The van der Waals surface area contributed by atoms with Crippen LogP contribution in [0.15, 0.2) is 37.2 Å². The van der Waals surface area contributed by atoms with E-state index in [4.69, 9.17) is 0 Å². The molecule has 8 heteroatoms. The van der Waals surface area contributed by atoms with Crippen molar-refractivity contribution < 1.29 is 25.4 Å². The molecule has 0 aromatic carbocycles. The van der Waals surface area contributed by atoms with Crippen molar-refractivity contribution in [1.29, 1.82) is 0 Å². The summed E-state index contributed by atoms with van der Waals surface area (Å²) in [6.45, 7) is 6.91. The first-order valence-electron chi connectivity index (χ1n) is 6.97. The number of allylic oxidation sites excluding steroid dienone is 1. The molecule has 0 amide bonds. The summed E-state index contributed by atoms with van der Waals surface area (Å²) in [6.07, 6.45) is 12.8. The molecule has 0 unspecified atom stereocenters. The number of pyridine rings is 1. The van der Waals surface area contributed by atoms with Crippen LogP contribution in [0.25, 0.3) is 0 Å². The van der Waals surface area contributed by atoms with Crippen molar-refractivity contribution in [3.05, 3.63) is 42.7 Å². The van der Waals surface area contributed by atoms with Crippen LogP contribution in [-0.4, -0.2) is 14.2 Å². The van der Waals surface area contributed by atoms with Crippen LogP contribution in [0.5, 0.6) is 0 Å². The number of hydrogen-bond donors (Lipinski definition) is 0. The molecule has 0 aliphatic rings. The van der Waals surface area contributed by atoms with Crippen molar-refractivity contribution in [2.24, 2.45) is 0 Å². The molecule has 0 atom stereocenters. The van der Waals surface area contributed by atoms with Crippen molar-refractivity contribution in [3.63, 3.8) is 0 Å². The van der Waals surface area contributed by atoms with Crippen LogP contribution in [0, 0.1) is 0 Å². The maximum atomic E-state index is 9.91. The van der Waals surface area contributed by atoms with Gasteiger partial charge in [0.15, 0.2) is 18.9 Å². The van der Waals surface area contributed by atoms with Crippen molar-refractivity contribution in [3.8, 4) is 0 Å². The van der Waals surface area contributed by atoms with E-state index in [9.17, 15) is 20.8 Å². The monoisotopic (exact) mass is 393 g/mol. The van der Waals surface area contributed by atoms with Crippen molar-refractivity contribution in [2.75, 3.05) is 0 Å². The van der Waals surface area contributed by atoms with Crippen LogP contribution in [0.3, 0.4) is 0 Å². The molecule has 0 spiro atoms. The first-order valence-corrected chi connectivity index (χ1v) is 11.2. The van der Waals surface area contributed by atoms with Gasteiger partial charge in [0.1, 0.15) is 0 Å². The fraction of sp³-hybridized carbons (Fsp3) is 0.500. The molecule has 0 N–H and O–H groups in total. The zero-order chi connectivity index (χ0) is 17.3. The van der Waals surface area contributed by atoms with E-state index < -0.39 is 14.2 Å².